The van der Waals surface area contributed by atoms with Crippen LogP contribution in [0.2, 0.25) is 0 Å². The molecule has 1 aromatic rings. The summed E-state index contributed by atoms with van der Waals surface area (Å²) in [5, 5.41) is 2.53. The van der Waals surface area contributed by atoms with Crippen LogP contribution in [-0.2, 0) is 15.0 Å². The van der Waals surface area contributed by atoms with Crippen LogP contribution in [-0.4, -0.2) is 43.2 Å². The maximum atomic E-state index is 12.1. The van der Waals surface area contributed by atoms with E-state index in [-0.39, 0.29) is 6.54 Å². The van der Waals surface area contributed by atoms with Gasteiger partial charge in [-0.05, 0) is 30.9 Å². The standard InChI is InChI=1S/C13H20N4O3S/c1-11-5-4-8-17(10-11)21(19,20)15-9-13(18)16-12-6-2-3-7-14-12/h2-3,6-7,11,15H,4-5,8-10H2,1H3,(H,14,16,18). The minimum Gasteiger partial charge on any atom is -0.310 e. The number of nitrogens with one attached hydrogen (secondary N) is 2. The molecule has 1 saturated heterocycles. The molecule has 1 fully saturated rings. The van der Waals surface area contributed by atoms with Crippen molar-refractivity contribution < 1.29 is 13.2 Å². The van der Waals surface area contributed by atoms with E-state index in [2.05, 4.69) is 15.0 Å². The van der Waals surface area contributed by atoms with Gasteiger partial charge in [-0.2, -0.15) is 17.4 Å². The van der Waals surface area contributed by atoms with E-state index in [1.54, 1.807) is 24.4 Å². The molecule has 1 amide bonds. The van der Waals surface area contributed by atoms with Gasteiger partial charge in [0.15, 0.2) is 0 Å². The van der Waals surface area contributed by atoms with Gasteiger partial charge in [0.2, 0.25) is 5.91 Å². The average molecular weight is 312 g/mol. The van der Waals surface area contributed by atoms with Gasteiger partial charge in [0.05, 0.1) is 6.54 Å². The van der Waals surface area contributed by atoms with Gasteiger partial charge in [0, 0.05) is 19.3 Å². The summed E-state index contributed by atoms with van der Waals surface area (Å²) in [4.78, 5) is 15.7. The predicted molar refractivity (Wildman–Crippen MR) is 79.8 cm³/mol. The van der Waals surface area contributed by atoms with E-state index in [1.807, 2.05) is 6.92 Å². The molecule has 2 N–H and O–H groups in total. The Labute approximate surface area is 124 Å². The van der Waals surface area contributed by atoms with Crippen molar-refractivity contribution >= 4 is 21.9 Å². The summed E-state index contributed by atoms with van der Waals surface area (Å²) in [6.07, 6.45) is 3.43. The van der Waals surface area contributed by atoms with E-state index in [4.69, 9.17) is 0 Å². The second kappa shape index (κ2) is 6.97. The predicted octanol–water partition coefficient (Wildman–Crippen LogP) is 0.586. The molecule has 7 nitrogen and oxygen atoms in total. The van der Waals surface area contributed by atoms with E-state index in [0.717, 1.165) is 12.8 Å². The first-order chi connectivity index (χ1) is 9.97. The van der Waals surface area contributed by atoms with Gasteiger partial charge in [-0.15, -0.1) is 0 Å². The first-order valence-corrected chi connectivity index (χ1v) is 8.37. The Morgan fingerprint density at radius 1 is 1.48 bits per heavy atom. The van der Waals surface area contributed by atoms with Crippen molar-refractivity contribution in [1.82, 2.24) is 14.0 Å². The van der Waals surface area contributed by atoms with E-state index in [9.17, 15) is 13.2 Å². The summed E-state index contributed by atoms with van der Waals surface area (Å²) in [6, 6.07) is 5.11. The summed E-state index contributed by atoms with van der Waals surface area (Å²) >= 11 is 0. The zero-order valence-electron chi connectivity index (χ0n) is 11.9. The third-order valence-electron chi connectivity index (χ3n) is 3.31. The molecule has 116 valence electrons. The molecule has 0 aliphatic carbocycles. The van der Waals surface area contributed by atoms with E-state index >= 15 is 0 Å². The Morgan fingerprint density at radius 2 is 2.29 bits per heavy atom. The monoisotopic (exact) mass is 312 g/mol. The third-order valence-corrected chi connectivity index (χ3v) is 4.83. The molecule has 8 heteroatoms. The number of hydrogen-bond donors (Lipinski definition) is 2. The lowest BCUT2D eigenvalue weighted by atomic mass is 10.0. The average Bonchev–Trinajstić information content (AvgIpc) is 2.46. The number of nitrogens with zero attached hydrogens (tertiary/aromatic N) is 2. The highest BCUT2D eigenvalue weighted by Crippen LogP contribution is 2.17. The van der Waals surface area contributed by atoms with E-state index in [1.165, 1.54) is 4.31 Å². The Balaban J connectivity index is 1.85. The van der Waals surface area contributed by atoms with Gasteiger partial charge in [0.25, 0.3) is 10.2 Å². The van der Waals surface area contributed by atoms with Crippen LogP contribution in [0, 0.1) is 5.92 Å². The molecule has 21 heavy (non-hydrogen) atoms. The molecule has 0 radical (unpaired) electrons. The van der Waals surface area contributed by atoms with Gasteiger partial charge in [0.1, 0.15) is 5.82 Å². The molecule has 1 atom stereocenters. The molecule has 0 bridgehead atoms. The lowest BCUT2D eigenvalue weighted by Crippen LogP contribution is -2.47. The number of hydrogen-bond acceptors (Lipinski definition) is 4. The van der Waals surface area contributed by atoms with Crippen LogP contribution < -0.4 is 10.0 Å². The quantitative estimate of drug-likeness (QED) is 0.832. The van der Waals surface area contributed by atoms with Gasteiger partial charge < -0.3 is 5.32 Å². The molecule has 0 saturated carbocycles. The molecule has 2 rings (SSSR count). The van der Waals surface area contributed by atoms with Crippen molar-refractivity contribution in [3.05, 3.63) is 24.4 Å². The fourth-order valence-electron chi connectivity index (χ4n) is 2.24. The zero-order valence-corrected chi connectivity index (χ0v) is 12.8. The number of anilines is 1. The van der Waals surface area contributed by atoms with E-state index < -0.39 is 16.1 Å². The number of aromatic nitrogens is 1. The van der Waals surface area contributed by atoms with Crippen LogP contribution in [0.15, 0.2) is 24.4 Å². The molecule has 0 aromatic carbocycles. The summed E-state index contributed by atoms with van der Waals surface area (Å²) in [7, 11) is -3.60. The Morgan fingerprint density at radius 3 is 2.95 bits per heavy atom. The van der Waals surface area contributed by atoms with Crippen molar-refractivity contribution in [1.29, 1.82) is 0 Å². The summed E-state index contributed by atoms with van der Waals surface area (Å²) < 4.78 is 27.9. The fourth-order valence-corrected chi connectivity index (χ4v) is 3.55. The second-order valence-corrected chi connectivity index (χ2v) is 6.95. The normalized spacial score (nSPS) is 20.1. The molecular formula is C13H20N4O3S. The number of carbonyl (C=O) groups is 1. The largest absolute Gasteiger partial charge is 0.310 e. The van der Waals surface area contributed by atoms with Crippen LogP contribution in [0.3, 0.4) is 0 Å². The number of amides is 1. The minimum absolute atomic E-state index is 0.302. The van der Waals surface area contributed by atoms with Gasteiger partial charge in [-0.1, -0.05) is 13.0 Å². The second-order valence-electron chi connectivity index (χ2n) is 5.19. The smallest absolute Gasteiger partial charge is 0.279 e. The molecular weight excluding hydrogens is 292 g/mol. The lowest BCUT2D eigenvalue weighted by molar-refractivity contribution is -0.115. The summed E-state index contributed by atoms with van der Waals surface area (Å²) in [6.45, 7) is 2.72. The highest BCUT2D eigenvalue weighted by molar-refractivity contribution is 7.87. The van der Waals surface area contributed by atoms with Crippen molar-refractivity contribution in [2.45, 2.75) is 19.8 Å². The number of carbonyl (C=O) groups excluding carboxylic acids is 1. The number of piperidine rings is 1. The third kappa shape index (κ3) is 4.76. The molecule has 2 heterocycles. The first kappa shape index (κ1) is 15.9. The Hall–Kier alpha value is -1.51. The van der Waals surface area contributed by atoms with Crippen LogP contribution in [0.4, 0.5) is 5.82 Å². The van der Waals surface area contributed by atoms with Gasteiger partial charge in [-0.25, -0.2) is 4.98 Å². The van der Waals surface area contributed by atoms with Crippen LogP contribution in [0.1, 0.15) is 19.8 Å². The molecule has 1 unspecified atom stereocenters. The van der Waals surface area contributed by atoms with Crippen molar-refractivity contribution in [3.63, 3.8) is 0 Å². The highest BCUT2D eigenvalue weighted by atomic mass is 32.2. The van der Waals surface area contributed by atoms with E-state index in [0.29, 0.717) is 24.8 Å². The van der Waals surface area contributed by atoms with Gasteiger partial charge >= 0.3 is 0 Å². The maximum Gasteiger partial charge on any atom is 0.279 e. The lowest BCUT2D eigenvalue weighted by Gasteiger charge is -2.29. The first-order valence-electron chi connectivity index (χ1n) is 6.93. The number of pyridine rings is 1. The highest BCUT2D eigenvalue weighted by Gasteiger charge is 2.27. The molecule has 1 aliphatic rings. The summed E-state index contributed by atoms with van der Waals surface area (Å²) in [5.41, 5.74) is 0. The van der Waals surface area contributed by atoms with Crippen molar-refractivity contribution in [2.24, 2.45) is 5.92 Å². The molecule has 1 aromatic heterocycles. The van der Waals surface area contributed by atoms with Crippen molar-refractivity contribution in [3.8, 4) is 0 Å². The minimum atomic E-state index is -3.60. The number of rotatable bonds is 5. The van der Waals surface area contributed by atoms with Crippen molar-refractivity contribution in [2.75, 3.05) is 25.0 Å². The SMILES string of the molecule is CC1CCCN(S(=O)(=O)NCC(=O)Nc2ccccn2)C1. The maximum absolute atomic E-state index is 12.1. The van der Waals surface area contributed by atoms with Crippen LogP contribution in [0.5, 0.6) is 0 Å². The zero-order chi connectivity index (χ0) is 15.3. The van der Waals surface area contributed by atoms with Crippen LogP contribution in [0.25, 0.3) is 0 Å². The fraction of sp³-hybridized carbons (Fsp3) is 0.538. The van der Waals surface area contributed by atoms with Gasteiger partial charge in [-0.3, -0.25) is 4.79 Å². The molecule has 1 aliphatic heterocycles. The Bertz CT molecular complexity index is 576. The van der Waals surface area contributed by atoms with Crippen LogP contribution >= 0.6 is 0 Å². The Kier molecular flexibility index (Phi) is 5.27. The topological polar surface area (TPSA) is 91.4 Å². The molecule has 0 spiro atoms. The summed E-state index contributed by atoms with van der Waals surface area (Å²) in [5.74, 6) is 0.299.